The minimum absolute atomic E-state index is 0.0865. The zero-order valence-electron chi connectivity index (χ0n) is 11.6. The van der Waals surface area contributed by atoms with Crippen molar-refractivity contribution in [3.05, 3.63) is 35.4 Å². The van der Waals surface area contributed by atoms with Crippen molar-refractivity contribution < 1.29 is 8.78 Å². The zero-order valence-corrected chi connectivity index (χ0v) is 11.6. The summed E-state index contributed by atoms with van der Waals surface area (Å²) in [6.45, 7) is 5.14. The van der Waals surface area contributed by atoms with E-state index in [2.05, 4.69) is 24.3 Å². The standard InChI is InChI=1S/C15H22F2N2/c1-11-4-3-5-12(2)19(11)18-10-13-6-8-14(9-7-13)15(16)17/h6-9,11-12,15,18H,3-5,10H2,1-2H3. The molecule has 1 fully saturated rings. The fourth-order valence-corrected chi connectivity index (χ4v) is 2.70. The summed E-state index contributed by atoms with van der Waals surface area (Å²) in [4.78, 5) is 0. The van der Waals surface area contributed by atoms with Crippen molar-refractivity contribution >= 4 is 0 Å². The van der Waals surface area contributed by atoms with Gasteiger partial charge in [-0.1, -0.05) is 30.7 Å². The summed E-state index contributed by atoms with van der Waals surface area (Å²) in [7, 11) is 0. The molecular weight excluding hydrogens is 246 g/mol. The Bertz CT molecular complexity index is 382. The van der Waals surface area contributed by atoms with Gasteiger partial charge >= 0.3 is 0 Å². The minimum atomic E-state index is -2.39. The molecule has 0 aliphatic carbocycles. The molecule has 19 heavy (non-hydrogen) atoms. The van der Waals surface area contributed by atoms with Gasteiger partial charge in [-0.15, -0.1) is 0 Å². The molecule has 1 aromatic carbocycles. The molecule has 0 amide bonds. The summed E-state index contributed by atoms with van der Waals surface area (Å²) < 4.78 is 24.9. The van der Waals surface area contributed by atoms with Crippen LogP contribution in [0.3, 0.4) is 0 Å². The van der Waals surface area contributed by atoms with Crippen molar-refractivity contribution in [3.8, 4) is 0 Å². The topological polar surface area (TPSA) is 15.3 Å². The minimum Gasteiger partial charge on any atom is -0.250 e. The van der Waals surface area contributed by atoms with Gasteiger partial charge in [-0.2, -0.15) is 0 Å². The molecule has 2 nitrogen and oxygen atoms in total. The van der Waals surface area contributed by atoms with Crippen LogP contribution >= 0.6 is 0 Å². The average Bonchev–Trinajstić information content (AvgIpc) is 2.38. The van der Waals surface area contributed by atoms with Gasteiger partial charge in [0.05, 0.1) is 0 Å². The molecule has 2 atom stereocenters. The number of nitrogens with one attached hydrogen (secondary N) is 1. The van der Waals surface area contributed by atoms with E-state index < -0.39 is 6.43 Å². The summed E-state index contributed by atoms with van der Waals surface area (Å²) in [5.74, 6) is 0. The largest absolute Gasteiger partial charge is 0.263 e. The molecule has 0 aromatic heterocycles. The summed E-state index contributed by atoms with van der Waals surface area (Å²) in [5, 5.41) is 2.30. The number of benzene rings is 1. The van der Waals surface area contributed by atoms with Crippen LogP contribution in [-0.4, -0.2) is 17.1 Å². The van der Waals surface area contributed by atoms with Gasteiger partial charge in [0.15, 0.2) is 0 Å². The first kappa shape index (κ1) is 14.4. The monoisotopic (exact) mass is 268 g/mol. The maximum Gasteiger partial charge on any atom is 0.263 e. The first-order chi connectivity index (χ1) is 9.08. The van der Waals surface area contributed by atoms with Gasteiger partial charge in [-0.25, -0.2) is 13.8 Å². The van der Waals surface area contributed by atoms with E-state index in [9.17, 15) is 8.78 Å². The SMILES string of the molecule is CC1CCCC(C)N1NCc1ccc(C(F)F)cc1. The van der Waals surface area contributed by atoms with Crippen LogP contribution in [0.2, 0.25) is 0 Å². The van der Waals surface area contributed by atoms with Gasteiger partial charge in [0.1, 0.15) is 0 Å². The maximum atomic E-state index is 12.5. The third kappa shape index (κ3) is 3.74. The number of hydrogen-bond acceptors (Lipinski definition) is 2. The Morgan fingerprint density at radius 2 is 1.74 bits per heavy atom. The van der Waals surface area contributed by atoms with Gasteiger partial charge < -0.3 is 0 Å². The van der Waals surface area contributed by atoms with Gasteiger partial charge in [0, 0.05) is 24.2 Å². The fourth-order valence-electron chi connectivity index (χ4n) is 2.70. The summed E-state index contributed by atoms with van der Waals surface area (Å²) in [6, 6.07) is 7.62. The second kappa shape index (κ2) is 6.44. The summed E-state index contributed by atoms with van der Waals surface area (Å²) in [6.07, 6.45) is 1.32. The van der Waals surface area contributed by atoms with Crippen molar-refractivity contribution in [1.29, 1.82) is 0 Å². The molecule has 0 spiro atoms. The average molecular weight is 268 g/mol. The van der Waals surface area contributed by atoms with Crippen molar-refractivity contribution in [1.82, 2.24) is 10.4 Å². The lowest BCUT2D eigenvalue weighted by atomic mass is 10.00. The number of hydrazine groups is 1. The third-order valence-corrected chi connectivity index (χ3v) is 3.89. The van der Waals surface area contributed by atoms with Gasteiger partial charge in [0.25, 0.3) is 6.43 Å². The highest BCUT2D eigenvalue weighted by Crippen LogP contribution is 2.21. The molecule has 1 heterocycles. The molecule has 2 unspecified atom stereocenters. The Balaban J connectivity index is 1.90. The highest BCUT2D eigenvalue weighted by Gasteiger charge is 2.24. The number of halogens is 2. The molecule has 1 saturated heterocycles. The van der Waals surface area contributed by atoms with Gasteiger partial charge in [-0.05, 0) is 32.3 Å². The molecule has 1 aliphatic rings. The van der Waals surface area contributed by atoms with Crippen molar-refractivity contribution in [2.75, 3.05) is 0 Å². The highest BCUT2D eigenvalue weighted by atomic mass is 19.3. The van der Waals surface area contributed by atoms with E-state index in [0.29, 0.717) is 18.6 Å². The maximum absolute atomic E-state index is 12.5. The smallest absolute Gasteiger partial charge is 0.250 e. The third-order valence-electron chi connectivity index (χ3n) is 3.89. The fraction of sp³-hybridized carbons (Fsp3) is 0.600. The van der Waals surface area contributed by atoms with Crippen LogP contribution in [0.1, 0.15) is 50.7 Å². The van der Waals surface area contributed by atoms with Crippen molar-refractivity contribution in [3.63, 3.8) is 0 Å². The normalized spacial score (nSPS) is 24.9. The zero-order chi connectivity index (χ0) is 13.8. The summed E-state index contributed by atoms with van der Waals surface area (Å²) in [5.41, 5.74) is 4.55. The number of piperidine rings is 1. The Kier molecular flexibility index (Phi) is 4.88. The van der Waals surface area contributed by atoms with Crippen LogP contribution in [0, 0.1) is 0 Å². The molecule has 2 rings (SSSR count). The van der Waals surface area contributed by atoms with Gasteiger partial charge in [-0.3, -0.25) is 5.43 Å². The van der Waals surface area contributed by atoms with E-state index >= 15 is 0 Å². The van der Waals surface area contributed by atoms with E-state index in [0.717, 1.165) is 5.56 Å². The van der Waals surface area contributed by atoms with E-state index in [4.69, 9.17) is 0 Å². The van der Waals surface area contributed by atoms with Crippen molar-refractivity contribution in [2.45, 2.75) is 58.2 Å². The first-order valence-corrected chi connectivity index (χ1v) is 6.96. The van der Waals surface area contributed by atoms with E-state index in [1.807, 2.05) is 0 Å². The molecule has 4 heteroatoms. The molecule has 0 bridgehead atoms. The molecule has 0 saturated carbocycles. The first-order valence-electron chi connectivity index (χ1n) is 6.96. The predicted molar refractivity (Wildman–Crippen MR) is 72.9 cm³/mol. The molecular formula is C15H22F2N2. The molecule has 1 aromatic rings. The van der Waals surface area contributed by atoms with Crippen LogP contribution in [0.4, 0.5) is 8.78 Å². The summed E-state index contributed by atoms with van der Waals surface area (Å²) >= 11 is 0. The molecule has 106 valence electrons. The Morgan fingerprint density at radius 3 is 2.26 bits per heavy atom. The van der Waals surface area contributed by atoms with Crippen LogP contribution in [0.25, 0.3) is 0 Å². The quantitative estimate of drug-likeness (QED) is 0.891. The van der Waals surface area contributed by atoms with Crippen LogP contribution in [0.15, 0.2) is 24.3 Å². The van der Waals surface area contributed by atoms with Crippen LogP contribution in [-0.2, 0) is 6.54 Å². The lowest BCUT2D eigenvalue weighted by molar-refractivity contribution is 0.0435. The highest BCUT2D eigenvalue weighted by molar-refractivity contribution is 5.23. The van der Waals surface area contributed by atoms with E-state index in [1.165, 1.54) is 31.4 Å². The molecule has 0 radical (unpaired) electrons. The molecule has 1 N–H and O–H groups in total. The van der Waals surface area contributed by atoms with Crippen LogP contribution in [0.5, 0.6) is 0 Å². The van der Waals surface area contributed by atoms with Crippen LogP contribution < -0.4 is 5.43 Å². The predicted octanol–water partition coefficient (Wildman–Crippen LogP) is 3.89. The van der Waals surface area contributed by atoms with Crippen molar-refractivity contribution in [2.24, 2.45) is 0 Å². The van der Waals surface area contributed by atoms with E-state index in [1.54, 1.807) is 12.1 Å². The second-order valence-electron chi connectivity index (χ2n) is 5.41. The van der Waals surface area contributed by atoms with E-state index in [-0.39, 0.29) is 5.56 Å². The number of alkyl halides is 2. The van der Waals surface area contributed by atoms with Gasteiger partial charge in [0.2, 0.25) is 0 Å². The number of rotatable bonds is 4. The Hall–Kier alpha value is -1.00. The number of nitrogens with zero attached hydrogens (tertiary/aromatic N) is 1. The molecule has 1 aliphatic heterocycles. The Labute approximate surface area is 113 Å². The lowest BCUT2D eigenvalue weighted by Gasteiger charge is -2.39. The number of hydrogen-bond donors (Lipinski definition) is 1. The second-order valence-corrected chi connectivity index (χ2v) is 5.41. The Morgan fingerprint density at radius 1 is 1.16 bits per heavy atom. The lowest BCUT2D eigenvalue weighted by Crippen LogP contribution is -2.51.